The minimum Gasteiger partial charge on any atom is -0.454 e. The van der Waals surface area contributed by atoms with Gasteiger partial charge in [0.05, 0.1) is 0 Å². The molecule has 4 rings (SSSR count). The smallest absolute Gasteiger partial charge is 0.248 e. The molecule has 9 heteroatoms. The number of rotatable bonds is 4. The Kier molecular flexibility index (Phi) is 3.50. The number of aromatic nitrogens is 5. The van der Waals surface area contributed by atoms with Gasteiger partial charge in [0.1, 0.15) is 6.54 Å². The lowest BCUT2D eigenvalue weighted by atomic mass is 10.3. The first kappa shape index (κ1) is 14.1. The molecule has 0 bridgehead atoms. The molecule has 0 saturated carbocycles. The first-order chi connectivity index (χ1) is 11.8. The molecule has 1 N–H and O–H groups in total. The quantitative estimate of drug-likeness (QED) is 0.766. The van der Waals surface area contributed by atoms with E-state index in [0.29, 0.717) is 23.0 Å². The average molecular weight is 324 g/mol. The molecular weight excluding hydrogens is 312 g/mol. The maximum atomic E-state index is 12.1. The molecule has 3 heterocycles. The van der Waals surface area contributed by atoms with Crippen LogP contribution in [0.4, 0.5) is 5.69 Å². The number of nitrogens with zero attached hydrogens (tertiary/aromatic N) is 5. The molecular formula is C15H12N6O3. The Bertz CT molecular complexity index is 880. The van der Waals surface area contributed by atoms with Gasteiger partial charge in [-0.05, 0) is 29.5 Å². The van der Waals surface area contributed by atoms with Crippen molar-refractivity contribution in [3.05, 3.63) is 42.7 Å². The number of fused-ring (bicyclic) bond motifs is 1. The molecule has 0 saturated heterocycles. The summed E-state index contributed by atoms with van der Waals surface area (Å²) in [7, 11) is 0. The zero-order valence-electron chi connectivity index (χ0n) is 12.4. The Morgan fingerprint density at radius 3 is 2.88 bits per heavy atom. The summed E-state index contributed by atoms with van der Waals surface area (Å²) in [5, 5.41) is 14.8. The van der Waals surface area contributed by atoms with E-state index in [1.807, 2.05) is 0 Å². The lowest BCUT2D eigenvalue weighted by Crippen LogP contribution is -2.20. The molecule has 0 radical (unpaired) electrons. The van der Waals surface area contributed by atoms with Gasteiger partial charge in [0.25, 0.3) is 0 Å². The van der Waals surface area contributed by atoms with Gasteiger partial charge < -0.3 is 14.8 Å². The van der Waals surface area contributed by atoms with Crippen LogP contribution in [0.2, 0.25) is 0 Å². The molecule has 0 fully saturated rings. The number of carbonyl (C=O) groups excluding carboxylic acids is 1. The molecule has 9 nitrogen and oxygen atoms in total. The third-order valence-electron chi connectivity index (χ3n) is 3.33. The van der Waals surface area contributed by atoms with Crippen LogP contribution >= 0.6 is 0 Å². The normalized spacial score (nSPS) is 12.2. The van der Waals surface area contributed by atoms with E-state index in [0.717, 1.165) is 5.56 Å². The monoisotopic (exact) mass is 324 g/mol. The zero-order chi connectivity index (χ0) is 16.4. The van der Waals surface area contributed by atoms with E-state index in [2.05, 4.69) is 25.7 Å². The molecule has 0 atom stereocenters. The third kappa shape index (κ3) is 2.86. The van der Waals surface area contributed by atoms with Crippen molar-refractivity contribution in [1.82, 2.24) is 25.2 Å². The molecule has 1 aliphatic rings. The van der Waals surface area contributed by atoms with E-state index < -0.39 is 0 Å². The summed E-state index contributed by atoms with van der Waals surface area (Å²) in [6, 6.07) is 8.73. The number of ether oxygens (including phenoxy) is 2. The molecule has 0 spiro atoms. The highest BCUT2D eigenvalue weighted by molar-refractivity contribution is 5.90. The fraction of sp³-hybridized carbons (Fsp3) is 0.133. The number of hydrogen-bond donors (Lipinski definition) is 1. The van der Waals surface area contributed by atoms with Crippen molar-refractivity contribution in [3.63, 3.8) is 0 Å². The summed E-state index contributed by atoms with van der Waals surface area (Å²) in [5.41, 5.74) is 1.39. The summed E-state index contributed by atoms with van der Waals surface area (Å²) in [6.07, 6.45) is 3.28. The van der Waals surface area contributed by atoms with E-state index in [9.17, 15) is 4.79 Å². The Hall–Kier alpha value is -3.49. The molecule has 1 aromatic carbocycles. The number of benzene rings is 1. The zero-order valence-corrected chi connectivity index (χ0v) is 12.4. The summed E-state index contributed by atoms with van der Waals surface area (Å²) >= 11 is 0. The van der Waals surface area contributed by atoms with Crippen LogP contribution in [0.25, 0.3) is 11.4 Å². The van der Waals surface area contributed by atoms with Crippen molar-refractivity contribution in [2.75, 3.05) is 12.1 Å². The number of carbonyl (C=O) groups is 1. The van der Waals surface area contributed by atoms with Gasteiger partial charge in [-0.3, -0.25) is 9.78 Å². The van der Waals surface area contributed by atoms with Crippen LogP contribution in [0.15, 0.2) is 42.7 Å². The molecule has 1 amide bonds. The van der Waals surface area contributed by atoms with Crippen LogP contribution in [-0.2, 0) is 11.3 Å². The van der Waals surface area contributed by atoms with E-state index in [-0.39, 0.29) is 19.2 Å². The fourth-order valence-corrected chi connectivity index (χ4v) is 2.23. The minimum absolute atomic E-state index is 0.0491. The van der Waals surface area contributed by atoms with Gasteiger partial charge in [0, 0.05) is 29.7 Å². The fourth-order valence-electron chi connectivity index (χ4n) is 2.23. The summed E-state index contributed by atoms with van der Waals surface area (Å²) in [4.78, 5) is 17.3. The average Bonchev–Trinajstić information content (AvgIpc) is 3.24. The number of pyridine rings is 1. The lowest BCUT2D eigenvalue weighted by molar-refractivity contribution is -0.117. The van der Waals surface area contributed by atoms with Crippen LogP contribution in [0.5, 0.6) is 11.5 Å². The molecule has 0 unspecified atom stereocenters. The largest absolute Gasteiger partial charge is 0.454 e. The highest BCUT2D eigenvalue weighted by Gasteiger charge is 2.15. The van der Waals surface area contributed by atoms with Crippen LogP contribution < -0.4 is 14.8 Å². The molecule has 120 valence electrons. The molecule has 0 aliphatic carbocycles. The standard InChI is InChI=1S/C15H12N6O3/c22-14(17-11-1-2-12-13(7-11)24-9-23-12)8-21-19-15(18-20-21)10-3-5-16-6-4-10/h1-7H,8-9H2,(H,17,22). The van der Waals surface area contributed by atoms with E-state index in [1.54, 1.807) is 42.7 Å². The molecule has 3 aromatic rings. The predicted octanol–water partition coefficient (Wildman–Crippen LogP) is 1.10. The van der Waals surface area contributed by atoms with Crippen LogP contribution in [0, 0.1) is 0 Å². The SMILES string of the molecule is O=C(Cn1nnc(-c2ccncc2)n1)Nc1ccc2c(c1)OCO2. The lowest BCUT2D eigenvalue weighted by Gasteiger charge is -2.05. The van der Waals surface area contributed by atoms with Gasteiger partial charge in [-0.1, -0.05) is 0 Å². The number of hydrogen-bond acceptors (Lipinski definition) is 7. The highest BCUT2D eigenvalue weighted by atomic mass is 16.7. The Labute approximate surface area is 136 Å². The van der Waals surface area contributed by atoms with Gasteiger partial charge >= 0.3 is 0 Å². The number of tetrazole rings is 1. The van der Waals surface area contributed by atoms with Crippen LogP contribution in [0.3, 0.4) is 0 Å². The summed E-state index contributed by atoms with van der Waals surface area (Å²) < 4.78 is 10.5. The van der Waals surface area contributed by atoms with Gasteiger partial charge in [0.2, 0.25) is 18.5 Å². The maximum absolute atomic E-state index is 12.1. The van der Waals surface area contributed by atoms with Crippen LogP contribution in [0.1, 0.15) is 0 Å². The molecule has 2 aromatic heterocycles. The number of nitrogens with one attached hydrogen (secondary N) is 1. The highest BCUT2D eigenvalue weighted by Crippen LogP contribution is 2.34. The van der Waals surface area contributed by atoms with Crippen molar-refractivity contribution in [2.45, 2.75) is 6.54 Å². The maximum Gasteiger partial charge on any atom is 0.248 e. The number of anilines is 1. The van der Waals surface area contributed by atoms with Gasteiger partial charge in [-0.2, -0.15) is 4.80 Å². The second-order valence-electron chi connectivity index (χ2n) is 5.00. The Morgan fingerprint density at radius 2 is 2.00 bits per heavy atom. The molecule has 1 aliphatic heterocycles. The van der Waals surface area contributed by atoms with Crippen molar-refractivity contribution in [1.29, 1.82) is 0 Å². The van der Waals surface area contributed by atoms with E-state index in [1.165, 1.54) is 4.80 Å². The topological polar surface area (TPSA) is 104 Å². The molecule has 24 heavy (non-hydrogen) atoms. The first-order valence-corrected chi connectivity index (χ1v) is 7.16. The summed E-state index contributed by atoms with van der Waals surface area (Å²) in [6.45, 7) is 0.139. The van der Waals surface area contributed by atoms with Gasteiger partial charge in [0.15, 0.2) is 11.5 Å². The Balaban J connectivity index is 1.42. The first-order valence-electron chi connectivity index (χ1n) is 7.16. The van der Waals surface area contributed by atoms with E-state index in [4.69, 9.17) is 9.47 Å². The second kappa shape index (κ2) is 5.95. The van der Waals surface area contributed by atoms with Crippen molar-refractivity contribution in [2.24, 2.45) is 0 Å². The number of amides is 1. The van der Waals surface area contributed by atoms with Crippen LogP contribution in [-0.4, -0.2) is 37.9 Å². The van der Waals surface area contributed by atoms with Crippen molar-refractivity contribution >= 4 is 11.6 Å². The third-order valence-corrected chi connectivity index (χ3v) is 3.33. The summed E-state index contributed by atoms with van der Waals surface area (Å²) in [5.74, 6) is 1.43. The van der Waals surface area contributed by atoms with Gasteiger partial charge in [-0.15, -0.1) is 10.2 Å². The predicted molar refractivity (Wildman–Crippen MR) is 82.2 cm³/mol. The van der Waals surface area contributed by atoms with Crippen molar-refractivity contribution in [3.8, 4) is 22.9 Å². The Morgan fingerprint density at radius 1 is 1.17 bits per heavy atom. The van der Waals surface area contributed by atoms with Crippen molar-refractivity contribution < 1.29 is 14.3 Å². The van der Waals surface area contributed by atoms with E-state index >= 15 is 0 Å². The van der Waals surface area contributed by atoms with Gasteiger partial charge in [-0.25, -0.2) is 0 Å². The second-order valence-corrected chi connectivity index (χ2v) is 5.00. The minimum atomic E-state index is -0.271.